The summed E-state index contributed by atoms with van der Waals surface area (Å²) in [7, 11) is 0. The Bertz CT molecular complexity index is 444. The molecule has 2 rings (SSSR count). The zero-order chi connectivity index (χ0) is 13.0. The van der Waals surface area contributed by atoms with Crippen LogP contribution in [0.25, 0.3) is 0 Å². The van der Waals surface area contributed by atoms with Gasteiger partial charge in [-0.05, 0) is 19.8 Å². The maximum Gasteiger partial charge on any atom is 0.293 e. The molecule has 1 aliphatic carbocycles. The predicted octanol–water partition coefficient (Wildman–Crippen LogP) is 1.23. The zero-order valence-electron chi connectivity index (χ0n) is 10.8. The maximum absolute atomic E-state index is 12.0. The number of aryl methyl sites for hydroxylation is 1. The van der Waals surface area contributed by atoms with Crippen molar-refractivity contribution >= 4 is 5.82 Å². The Morgan fingerprint density at radius 3 is 3.00 bits per heavy atom. The molecule has 0 bridgehead atoms. The van der Waals surface area contributed by atoms with E-state index < -0.39 is 0 Å². The number of aromatic nitrogens is 2. The van der Waals surface area contributed by atoms with Crippen LogP contribution in [0.2, 0.25) is 0 Å². The quantitative estimate of drug-likeness (QED) is 0.844. The Balaban J connectivity index is 2.15. The fourth-order valence-electron chi connectivity index (χ4n) is 2.59. The van der Waals surface area contributed by atoms with Gasteiger partial charge in [-0.25, -0.2) is 4.98 Å². The lowest BCUT2D eigenvalue weighted by Crippen LogP contribution is -2.37. The molecule has 5 heteroatoms. The number of hydrogen-bond acceptors (Lipinski definition) is 4. The van der Waals surface area contributed by atoms with Gasteiger partial charge in [-0.15, -0.1) is 0 Å². The van der Waals surface area contributed by atoms with E-state index in [4.69, 9.17) is 0 Å². The van der Waals surface area contributed by atoms with Gasteiger partial charge in [0.05, 0.1) is 0 Å². The number of nitrogens with zero attached hydrogens (tertiary/aromatic N) is 2. The van der Waals surface area contributed by atoms with Crippen molar-refractivity contribution in [1.82, 2.24) is 9.55 Å². The largest absolute Gasteiger partial charge is 0.396 e. The second kappa shape index (κ2) is 6.00. The van der Waals surface area contributed by atoms with Crippen molar-refractivity contribution in [1.29, 1.82) is 0 Å². The molecular formula is C13H21N3O2. The molecule has 2 atom stereocenters. The monoisotopic (exact) mass is 251 g/mol. The van der Waals surface area contributed by atoms with Crippen LogP contribution >= 0.6 is 0 Å². The minimum atomic E-state index is -0.0812. The summed E-state index contributed by atoms with van der Waals surface area (Å²) in [4.78, 5) is 16.2. The van der Waals surface area contributed by atoms with Crippen LogP contribution in [0.15, 0.2) is 17.2 Å². The summed E-state index contributed by atoms with van der Waals surface area (Å²) < 4.78 is 1.63. The van der Waals surface area contributed by atoms with E-state index in [9.17, 15) is 9.90 Å². The van der Waals surface area contributed by atoms with Gasteiger partial charge in [0.15, 0.2) is 5.82 Å². The Labute approximate surface area is 107 Å². The Kier molecular flexibility index (Phi) is 4.36. The molecule has 1 heterocycles. The van der Waals surface area contributed by atoms with Crippen LogP contribution in [-0.4, -0.2) is 27.3 Å². The lowest BCUT2D eigenvalue weighted by Gasteiger charge is -2.31. The molecule has 1 saturated carbocycles. The first-order valence-corrected chi connectivity index (χ1v) is 6.69. The highest BCUT2D eigenvalue weighted by Gasteiger charge is 2.25. The summed E-state index contributed by atoms with van der Waals surface area (Å²) in [6.45, 7) is 2.75. The SMILES string of the molecule is CCn1ccnc(NC2CCCCC2CO)c1=O. The fourth-order valence-corrected chi connectivity index (χ4v) is 2.59. The highest BCUT2D eigenvalue weighted by Crippen LogP contribution is 2.25. The molecule has 100 valence electrons. The van der Waals surface area contributed by atoms with Gasteiger partial charge in [-0.3, -0.25) is 4.79 Å². The number of rotatable bonds is 4. The summed E-state index contributed by atoms with van der Waals surface area (Å²) in [5.74, 6) is 0.639. The van der Waals surface area contributed by atoms with Gasteiger partial charge in [0.25, 0.3) is 5.56 Å². The van der Waals surface area contributed by atoms with Crippen LogP contribution < -0.4 is 10.9 Å². The van der Waals surface area contributed by atoms with Gasteiger partial charge in [-0.1, -0.05) is 12.8 Å². The van der Waals surface area contributed by atoms with Crippen LogP contribution in [0.1, 0.15) is 32.6 Å². The van der Waals surface area contributed by atoms with E-state index in [1.165, 1.54) is 0 Å². The van der Waals surface area contributed by atoms with Crippen molar-refractivity contribution in [2.45, 2.75) is 45.2 Å². The van der Waals surface area contributed by atoms with Crippen LogP contribution in [0, 0.1) is 5.92 Å². The Hall–Kier alpha value is -1.36. The van der Waals surface area contributed by atoms with Crippen molar-refractivity contribution in [3.63, 3.8) is 0 Å². The summed E-state index contributed by atoms with van der Waals surface area (Å²) in [5.41, 5.74) is -0.0812. The zero-order valence-corrected chi connectivity index (χ0v) is 10.8. The highest BCUT2D eigenvalue weighted by atomic mass is 16.3. The summed E-state index contributed by atoms with van der Waals surface area (Å²) in [6.07, 6.45) is 7.64. The predicted molar refractivity (Wildman–Crippen MR) is 70.6 cm³/mol. The van der Waals surface area contributed by atoms with Gasteiger partial charge in [0.2, 0.25) is 0 Å². The van der Waals surface area contributed by atoms with E-state index in [2.05, 4.69) is 10.3 Å². The van der Waals surface area contributed by atoms with Crippen molar-refractivity contribution in [2.24, 2.45) is 5.92 Å². The lowest BCUT2D eigenvalue weighted by atomic mass is 9.85. The first-order chi connectivity index (χ1) is 8.76. The van der Waals surface area contributed by atoms with Gasteiger partial charge < -0.3 is 15.0 Å². The van der Waals surface area contributed by atoms with Crippen LogP contribution in [-0.2, 0) is 6.54 Å². The minimum absolute atomic E-state index is 0.0812. The third-order valence-electron chi connectivity index (χ3n) is 3.72. The van der Waals surface area contributed by atoms with Crippen LogP contribution in [0.5, 0.6) is 0 Å². The number of aliphatic hydroxyl groups excluding tert-OH is 1. The van der Waals surface area contributed by atoms with Crippen molar-refractivity contribution < 1.29 is 5.11 Å². The first kappa shape index (κ1) is 13.1. The average molecular weight is 251 g/mol. The molecule has 0 saturated heterocycles. The van der Waals surface area contributed by atoms with E-state index in [1.807, 2.05) is 6.92 Å². The normalized spacial score (nSPS) is 23.9. The minimum Gasteiger partial charge on any atom is -0.396 e. The molecule has 0 radical (unpaired) electrons. The number of anilines is 1. The second-order valence-electron chi connectivity index (χ2n) is 4.84. The van der Waals surface area contributed by atoms with Gasteiger partial charge in [0.1, 0.15) is 0 Å². The Morgan fingerprint density at radius 2 is 2.28 bits per heavy atom. The topological polar surface area (TPSA) is 67.2 Å². The first-order valence-electron chi connectivity index (χ1n) is 6.69. The second-order valence-corrected chi connectivity index (χ2v) is 4.84. The van der Waals surface area contributed by atoms with Crippen LogP contribution in [0.4, 0.5) is 5.82 Å². The molecule has 0 spiro atoms. The number of nitrogens with one attached hydrogen (secondary N) is 1. The van der Waals surface area contributed by atoms with E-state index in [0.29, 0.717) is 12.4 Å². The van der Waals surface area contributed by atoms with Crippen molar-refractivity contribution in [3.05, 3.63) is 22.7 Å². The molecule has 18 heavy (non-hydrogen) atoms. The molecule has 1 aromatic heterocycles. The van der Waals surface area contributed by atoms with Crippen LogP contribution in [0.3, 0.4) is 0 Å². The molecule has 0 amide bonds. The number of hydrogen-bond donors (Lipinski definition) is 2. The van der Waals surface area contributed by atoms with E-state index in [1.54, 1.807) is 17.0 Å². The van der Waals surface area contributed by atoms with Gasteiger partial charge in [0, 0.05) is 37.5 Å². The molecule has 1 fully saturated rings. The summed E-state index contributed by atoms with van der Waals surface area (Å²) in [5, 5.41) is 12.6. The Morgan fingerprint density at radius 1 is 1.50 bits per heavy atom. The molecule has 0 aliphatic heterocycles. The average Bonchev–Trinajstić information content (AvgIpc) is 2.42. The smallest absolute Gasteiger partial charge is 0.293 e. The molecule has 2 unspecified atom stereocenters. The molecule has 0 aromatic carbocycles. The van der Waals surface area contributed by atoms with E-state index >= 15 is 0 Å². The van der Waals surface area contributed by atoms with Crippen molar-refractivity contribution in [2.75, 3.05) is 11.9 Å². The fraction of sp³-hybridized carbons (Fsp3) is 0.692. The summed E-state index contributed by atoms with van der Waals surface area (Å²) >= 11 is 0. The van der Waals surface area contributed by atoms with E-state index in [-0.39, 0.29) is 24.1 Å². The maximum atomic E-state index is 12.0. The molecular weight excluding hydrogens is 230 g/mol. The molecule has 5 nitrogen and oxygen atoms in total. The standard InChI is InChI=1S/C13H21N3O2/c1-2-16-8-7-14-12(13(16)18)15-11-6-4-3-5-10(11)9-17/h7-8,10-11,17H,2-6,9H2,1H3,(H,14,15). The van der Waals surface area contributed by atoms with Gasteiger partial charge in [-0.2, -0.15) is 0 Å². The highest BCUT2D eigenvalue weighted by molar-refractivity contribution is 5.32. The van der Waals surface area contributed by atoms with Gasteiger partial charge >= 0.3 is 0 Å². The number of aliphatic hydroxyl groups is 1. The lowest BCUT2D eigenvalue weighted by molar-refractivity contribution is 0.178. The third kappa shape index (κ3) is 2.72. The molecule has 1 aliphatic rings. The third-order valence-corrected chi connectivity index (χ3v) is 3.72. The summed E-state index contributed by atoms with van der Waals surface area (Å²) in [6, 6.07) is 0.164. The molecule has 1 aromatic rings. The van der Waals surface area contributed by atoms with Crippen molar-refractivity contribution in [3.8, 4) is 0 Å². The molecule has 2 N–H and O–H groups in total. The van der Waals surface area contributed by atoms with E-state index in [0.717, 1.165) is 25.7 Å².